The number of hydrogen-bond acceptors (Lipinski definition) is 1. The largest absolute Gasteiger partial charge is 0.508 e. The predicted molar refractivity (Wildman–Crippen MR) is 86.9 cm³/mol. The Kier molecular flexibility index (Phi) is 5.97. The van der Waals surface area contributed by atoms with Crippen LogP contribution in [0.1, 0.15) is 33.4 Å². The Hall–Kier alpha value is -2.65. The van der Waals surface area contributed by atoms with E-state index in [4.69, 9.17) is 0 Å². The Balaban J connectivity index is 2.42. The van der Waals surface area contributed by atoms with E-state index in [1.165, 1.54) is 13.0 Å². The Morgan fingerprint density at radius 3 is 1.62 bits per heavy atom. The van der Waals surface area contributed by atoms with Crippen molar-refractivity contribution in [2.24, 2.45) is 0 Å². The van der Waals surface area contributed by atoms with Gasteiger partial charge in [-0.05, 0) is 66.9 Å². The Morgan fingerprint density at radius 1 is 0.724 bits per heavy atom. The van der Waals surface area contributed by atoms with E-state index in [1.54, 1.807) is 0 Å². The first-order chi connectivity index (χ1) is 13.1. The molecule has 0 aromatic heterocycles. The van der Waals surface area contributed by atoms with Gasteiger partial charge in [0.2, 0.25) is 0 Å². The van der Waals surface area contributed by atoms with Crippen LogP contribution in [0.4, 0.5) is 39.5 Å². The Labute approximate surface area is 159 Å². The van der Waals surface area contributed by atoms with Crippen LogP contribution in [-0.4, -0.2) is 5.11 Å². The highest BCUT2D eigenvalue weighted by Crippen LogP contribution is 2.37. The van der Waals surface area contributed by atoms with Gasteiger partial charge >= 0.3 is 18.5 Å². The molecule has 158 valence electrons. The minimum Gasteiger partial charge on any atom is -0.508 e. The number of halogens is 9. The smallest absolute Gasteiger partial charge is 0.416 e. The Morgan fingerprint density at radius 2 is 1.17 bits per heavy atom. The molecule has 0 amide bonds. The number of allylic oxidation sites excluding steroid dienone is 1. The summed E-state index contributed by atoms with van der Waals surface area (Å²) < 4.78 is 116. The third-order valence-electron chi connectivity index (χ3n) is 3.88. The van der Waals surface area contributed by atoms with Crippen LogP contribution in [0.25, 0.3) is 5.76 Å². The first-order valence-corrected chi connectivity index (χ1v) is 7.94. The topological polar surface area (TPSA) is 20.2 Å². The molecule has 0 aliphatic carbocycles. The lowest BCUT2D eigenvalue weighted by molar-refractivity contribution is -0.143. The molecule has 0 heterocycles. The molecule has 0 atom stereocenters. The molecule has 0 spiro atoms. The summed E-state index contributed by atoms with van der Waals surface area (Å²) in [4.78, 5) is 0. The number of aliphatic hydroxyl groups is 1. The van der Waals surface area contributed by atoms with Crippen LogP contribution in [0.15, 0.2) is 42.5 Å². The minimum atomic E-state index is -5.03. The maximum absolute atomic E-state index is 12.9. The van der Waals surface area contributed by atoms with Gasteiger partial charge in [-0.3, -0.25) is 0 Å². The van der Waals surface area contributed by atoms with Gasteiger partial charge in [-0.1, -0.05) is 0 Å². The quantitative estimate of drug-likeness (QED) is 0.405. The van der Waals surface area contributed by atoms with Crippen molar-refractivity contribution in [3.63, 3.8) is 0 Å². The van der Waals surface area contributed by atoms with Gasteiger partial charge in [0.1, 0.15) is 5.76 Å². The maximum atomic E-state index is 12.9. The molecule has 0 aliphatic heterocycles. The monoisotopic (exact) mass is 428 g/mol. The van der Waals surface area contributed by atoms with E-state index in [2.05, 4.69) is 0 Å². The second kappa shape index (κ2) is 7.64. The third-order valence-corrected chi connectivity index (χ3v) is 3.88. The lowest BCUT2D eigenvalue weighted by Gasteiger charge is -2.14. The van der Waals surface area contributed by atoms with Crippen LogP contribution >= 0.6 is 0 Å². The van der Waals surface area contributed by atoms with E-state index in [0.717, 1.165) is 12.1 Å². The van der Waals surface area contributed by atoms with Crippen LogP contribution in [0.2, 0.25) is 0 Å². The zero-order valence-electron chi connectivity index (χ0n) is 14.6. The molecule has 2 aromatic carbocycles. The number of benzene rings is 2. The summed E-state index contributed by atoms with van der Waals surface area (Å²) in [6.45, 7) is 1.34. The molecule has 29 heavy (non-hydrogen) atoms. The SMILES string of the molecule is Cc1cc(/C(O)=C/Cc2cc(C(F)(F)F)cc(C(F)(F)F)c2)cc(C(F)(F)F)c1. The fraction of sp³-hybridized carbons (Fsp3) is 0.263. The fourth-order valence-corrected chi connectivity index (χ4v) is 2.56. The van der Waals surface area contributed by atoms with Crippen molar-refractivity contribution < 1.29 is 44.6 Å². The average Bonchev–Trinajstić information content (AvgIpc) is 2.56. The summed E-state index contributed by atoms with van der Waals surface area (Å²) in [7, 11) is 0. The first kappa shape index (κ1) is 22.6. The average molecular weight is 428 g/mol. The van der Waals surface area contributed by atoms with Crippen molar-refractivity contribution in [3.8, 4) is 0 Å². The molecule has 0 saturated heterocycles. The van der Waals surface area contributed by atoms with Gasteiger partial charge in [-0.25, -0.2) is 0 Å². The molecule has 2 aromatic rings. The van der Waals surface area contributed by atoms with Gasteiger partial charge in [0.25, 0.3) is 0 Å². The highest BCUT2D eigenvalue weighted by atomic mass is 19.4. The van der Waals surface area contributed by atoms with Gasteiger partial charge < -0.3 is 5.11 Å². The van der Waals surface area contributed by atoms with Crippen LogP contribution in [0.3, 0.4) is 0 Å². The maximum Gasteiger partial charge on any atom is 0.416 e. The van der Waals surface area contributed by atoms with E-state index in [0.29, 0.717) is 18.2 Å². The molecule has 0 fully saturated rings. The molecule has 2 rings (SSSR count). The standard InChI is InChI=1S/C19H13F9O/c1-10-4-12(8-13(5-10)17(20,21)22)16(29)3-2-11-6-14(18(23,24)25)9-15(7-11)19(26,27)28/h3-9,29H,2H2,1H3/b16-3-. The molecule has 0 unspecified atom stereocenters. The summed E-state index contributed by atoms with van der Waals surface area (Å²) in [5.74, 6) is -0.704. The third kappa shape index (κ3) is 5.91. The molecular weight excluding hydrogens is 415 g/mol. The number of aliphatic hydroxyl groups excluding tert-OH is 1. The summed E-state index contributed by atoms with van der Waals surface area (Å²) in [6.07, 6.45) is -14.5. The van der Waals surface area contributed by atoms with E-state index in [1.807, 2.05) is 0 Å². The molecule has 1 N–H and O–H groups in total. The van der Waals surface area contributed by atoms with Gasteiger partial charge in [0.05, 0.1) is 16.7 Å². The summed E-state index contributed by atoms with van der Waals surface area (Å²) in [5.41, 5.74) is -4.61. The van der Waals surface area contributed by atoms with Crippen molar-refractivity contribution >= 4 is 5.76 Å². The van der Waals surface area contributed by atoms with Gasteiger partial charge in [0.15, 0.2) is 0 Å². The lowest BCUT2D eigenvalue weighted by Crippen LogP contribution is -2.11. The zero-order chi connectivity index (χ0) is 22.2. The molecule has 0 aliphatic rings. The second-order valence-corrected chi connectivity index (χ2v) is 6.29. The highest BCUT2D eigenvalue weighted by Gasteiger charge is 2.36. The lowest BCUT2D eigenvalue weighted by atomic mass is 10.0. The van der Waals surface area contributed by atoms with E-state index in [-0.39, 0.29) is 17.2 Å². The molecule has 10 heteroatoms. The Bertz CT molecular complexity index is 886. The molecule has 1 nitrogen and oxygen atoms in total. The van der Waals surface area contributed by atoms with Gasteiger partial charge in [0, 0.05) is 5.56 Å². The van der Waals surface area contributed by atoms with Crippen LogP contribution in [-0.2, 0) is 24.9 Å². The van der Waals surface area contributed by atoms with Gasteiger partial charge in [-0.15, -0.1) is 0 Å². The number of hydrogen-bond donors (Lipinski definition) is 1. The molecular formula is C19H13F9O. The van der Waals surface area contributed by atoms with Crippen LogP contribution in [0, 0.1) is 6.92 Å². The number of alkyl halides is 9. The molecule has 0 saturated carbocycles. The minimum absolute atomic E-state index is 0.0385. The van der Waals surface area contributed by atoms with E-state index >= 15 is 0 Å². The molecule has 0 radical (unpaired) electrons. The summed E-state index contributed by atoms with van der Waals surface area (Å²) >= 11 is 0. The van der Waals surface area contributed by atoms with Crippen molar-refractivity contribution in [3.05, 3.63) is 75.9 Å². The first-order valence-electron chi connectivity index (χ1n) is 7.94. The van der Waals surface area contributed by atoms with Gasteiger partial charge in [-0.2, -0.15) is 39.5 Å². The highest BCUT2D eigenvalue weighted by molar-refractivity contribution is 5.60. The number of aryl methyl sites for hydroxylation is 1. The fourth-order valence-electron chi connectivity index (χ4n) is 2.56. The van der Waals surface area contributed by atoms with Crippen LogP contribution < -0.4 is 0 Å². The van der Waals surface area contributed by atoms with E-state index in [9.17, 15) is 44.6 Å². The normalized spacial score (nSPS) is 13.7. The van der Waals surface area contributed by atoms with Crippen LogP contribution in [0.5, 0.6) is 0 Å². The van der Waals surface area contributed by atoms with Crippen molar-refractivity contribution in [1.29, 1.82) is 0 Å². The van der Waals surface area contributed by atoms with Crippen molar-refractivity contribution in [2.45, 2.75) is 31.9 Å². The second-order valence-electron chi connectivity index (χ2n) is 6.29. The summed E-state index contributed by atoms with van der Waals surface area (Å²) in [5, 5.41) is 10.0. The summed E-state index contributed by atoms with van der Waals surface area (Å²) in [6, 6.07) is 3.59. The zero-order valence-corrected chi connectivity index (χ0v) is 14.6. The number of rotatable bonds is 3. The van der Waals surface area contributed by atoms with E-state index < -0.39 is 53.0 Å². The molecule has 0 bridgehead atoms. The van der Waals surface area contributed by atoms with Crippen molar-refractivity contribution in [2.75, 3.05) is 0 Å². The predicted octanol–water partition coefficient (Wildman–Crippen LogP) is 7.19. The van der Waals surface area contributed by atoms with Crippen molar-refractivity contribution in [1.82, 2.24) is 0 Å².